The molecule has 2 rings (SSSR count). The number of fused-ring (bicyclic) bond motifs is 1. The van der Waals surface area contributed by atoms with Crippen LogP contribution in [0.15, 0.2) is 24.3 Å². The van der Waals surface area contributed by atoms with Gasteiger partial charge in [0, 0.05) is 30.8 Å². The van der Waals surface area contributed by atoms with Crippen LogP contribution in [-0.2, 0) is 4.74 Å². The number of Topliss-reactive ketones (excluding diaryl/α,β-unsaturated/α-hetero) is 1. The van der Waals surface area contributed by atoms with Crippen LogP contribution in [-0.4, -0.2) is 38.3 Å². The van der Waals surface area contributed by atoms with Gasteiger partial charge in [0.15, 0.2) is 5.78 Å². The molecule has 1 aromatic carbocycles. The van der Waals surface area contributed by atoms with E-state index < -0.39 is 12.8 Å². The third-order valence-corrected chi connectivity index (χ3v) is 2.93. The van der Waals surface area contributed by atoms with Gasteiger partial charge < -0.3 is 9.64 Å². The number of hydrogen-bond acceptors (Lipinski definition) is 3. The van der Waals surface area contributed by atoms with Gasteiger partial charge in [0.2, 0.25) is 0 Å². The summed E-state index contributed by atoms with van der Waals surface area (Å²) >= 11 is 0. The van der Waals surface area contributed by atoms with Gasteiger partial charge in [0.05, 0.1) is 6.61 Å². The van der Waals surface area contributed by atoms with Crippen molar-refractivity contribution in [3.05, 3.63) is 29.8 Å². The van der Waals surface area contributed by atoms with E-state index in [-0.39, 0.29) is 12.4 Å². The molecule has 3 nitrogen and oxygen atoms in total. The standard InChI is InChI=1S/C13H14F3NO2/c14-13(15,16)9-19-8-7-17-6-5-12(18)10-3-1-2-4-11(10)17/h1-4H,5-9H2. The fraction of sp³-hybridized carbons (Fsp3) is 0.462. The average molecular weight is 273 g/mol. The van der Waals surface area contributed by atoms with Crippen molar-refractivity contribution in [2.45, 2.75) is 12.6 Å². The molecule has 19 heavy (non-hydrogen) atoms. The molecule has 1 heterocycles. The van der Waals surface area contributed by atoms with E-state index >= 15 is 0 Å². The molecule has 6 heteroatoms. The molecule has 0 aromatic heterocycles. The number of ketones is 1. The number of carbonyl (C=O) groups is 1. The molecule has 1 aliphatic heterocycles. The second-order valence-corrected chi connectivity index (χ2v) is 4.35. The van der Waals surface area contributed by atoms with Crippen LogP contribution < -0.4 is 4.90 Å². The molecule has 0 radical (unpaired) electrons. The van der Waals surface area contributed by atoms with Crippen LogP contribution in [0.3, 0.4) is 0 Å². The number of benzene rings is 1. The van der Waals surface area contributed by atoms with Crippen LogP contribution in [0.5, 0.6) is 0 Å². The monoisotopic (exact) mass is 273 g/mol. The first-order valence-electron chi connectivity index (χ1n) is 5.99. The zero-order valence-corrected chi connectivity index (χ0v) is 10.2. The van der Waals surface area contributed by atoms with Gasteiger partial charge in [-0.1, -0.05) is 12.1 Å². The number of alkyl halides is 3. The molecule has 0 spiro atoms. The Morgan fingerprint density at radius 1 is 1.26 bits per heavy atom. The smallest absolute Gasteiger partial charge is 0.370 e. The van der Waals surface area contributed by atoms with E-state index in [4.69, 9.17) is 0 Å². The molecule has 0 saturated carbocycles. The Labute approximate surface area is 109 Å². The maximum atomic E-state index is 11.9. The molecule has 0 aliphatic carbocycles. The first kappa shape index (κ1) is 13.9. The second kappa shape index (κ2) is 5.61. The number of anilines is 1. The highest BCUT2D eigenvalue weighted by Crippen LogP contribution is 2.26. The Kier molecular flexibility index (Phi) is 4.09. The maximum absolute atomic E-state index is 11.9. The summed E-state index contributed by atoms with van der Waals surface area (Å²) in [7, 11) is 0. The van der Waals surface area contributed by atoms with E-state index in [1.807, 2.05) is 4.90 Å². The predicted octanol–water partition coefficient (Wildman–Crippen LogP) is 2.66. The molecule has 104 valence electrons. The van der Waals surface area contributed by atoms with Crippen LogP contribution in [0.1, 0.15) is 16.8 Å². The molecular weight excluding hydrogens is 259 g/mol. The maximum Gasteiger partial charge on any atom is 0.411 e. The quantitative estimate of drug-likeness (QED) is 0.790. The Hall–Kier alpha value is -1.56. The number of rotatable bonds is 4. The molecular formula is C13H14F3NO2. The largest absolute Gasteiger partial charge is 0.411 e. The lowest BCUT2D eigenvalue weighted by atomic mass is 10.0. The Balaban J connectivity index is 1.92. The number of halogens is 3. The molecule has 0 unspecified atom stereocenters. The van der Waals surface area contributed by atoms with Crippen molar-refractivity contribution in [2.24, 2.45) is 0 Å². The van der Waals surface area contributed by atoms with Crippen LogP contribution in [0.4, 0.5) is 18.9 Å². The summed E-state index contributed by atoms with van der Waals surface area (Å²) in [6, 6.07) is 7.12. The first-order chi connectivity index (χ1) is 8.97. The van der Waals surface area contributed by atoms with Crippen molar-refractivity contribution < 1.29 is 22.7 Å². The fourth-order valence-electron chi connectivity index (χ4n) is 2.07. The van der Waals surface area contributed by atoms with Crippen molar-refractivity contribution in [2.75, 3.05) is 31.2 Å². The zero-order chi connectivity index (χ0) is 13.9. The molecule has 0 atom stereocenters. The highest BCUT2D eigenvalue weighted by atomic mass is 19.4. The predicted molar refractivity (Wildman–Crippen MR) is 64.5 cm³/mol. The Bertz CT molecular complexity index is 459. The van der Waals surface area contributed by atoms with Crippen LogP contribution >= 0.6 is 0 Å². The average Bonchev–Trinajstić information content (AvgIpc) is 2.36. The van der Waals surface area contributed by atoms with E-state index in [2.05, 4.69) is 4.74 Å². The Morgan fingerprint density at radius 2 is 2.00 bits per heavy atom. The number of carbonyl (C=O) groups excluding carboxylic acids is 1. The van der Waals surface area contributed by atoms with Gasteiger partial charge in [0.1, 0.15) is 6.61 Å². The summed E-state index contributed by atoms with van der Waals surface area (Å²) in [6.45, 7) is -0.380. The third kappa shape index (κ3) is 3.70. The van der Waals surface area contributed by atoms with Crippen molar-refractivity contribution in [3.63, 3.8) is 0 Å². The summed E-state index contributed by atoms with van der Waals surface area (Å²) in [5.74, 6) is 0.0723. The van der Waals surface area contributed by atoms with E-state index in [1.54, 1.807) is 24.3 Å². The number of ether oxygens (including phenoxy) is 1. The lowest BCUT2D eigenvalue weighted by Gasteiger charge is -2.30. The highest BCUT2D eigenvalue weighted by Gasteiger charge is 2.28. The highest BCUT2D eigenvalue weighted by molar-refractivity contribution is 6.03. The molecule has 0 saturated heterocycles. The third-order valence-electron chi connectivity index (χ3n) is 2.93. The van der Waals surface area contributed by atoms with Gasteiger partial charge in [-0.25, -0.2) is 0 Å². The van der Waals surface area contributed by atoms with Gasteiger partial charge in [-0.2, -0.15) is 13.2 Å². The van der Waals surface area contributed by atoms with Crippen molar-refractivity contribution in [1.29, 1.82) is 0 Å². The van der Waals surface area contributed by atoms with Gasteiger partial charge in [-0.15, -0.1) is 0 Å². The van der Waals surface area contributed by atoms with Crippen LogP contribution in [0, 0.1) is 0 Å². The molecule has 1 aromatic rings. The molecule has 0 fully saturated rings. The van der Waals surface area contributed by atoms with E-state index in [1.165, 1.54) is 0 Å². The molecule has 0 amide bonds. The first-order valence-corrected chi connectivity index (χ1v) is 5.99. The van der Waals surface area contributed by atoms with Crippen LogP contribution in [0.25, 0.3) is 0 Å². The van der Waals surface area contributed by atoms with E-state index in [0.29, 0.717) is 25.1 Å². The van der Waals surface area contributed by atoms with Crippen LogP contribution in [0.2, 0.25) is 0 Å². The summed E-state index contributed by atoms with van der Waals surface area (Å²) in [4.78, 5) is 13.6. The van der Waals surface area contributed by atoms with Gasteiger partial charge in [-0.05, 0) is 12.1 Å². The molecule has 0 bridgehead atoms. The van der Waals surface area contributed by atoms with Crippen molar-refractivity contribution in [3.8, 4) is 0 Å². The SMILES string of the molecule is O=C1CCN(CCOCC(F)(F)F)c2ccccc21. The lowest BCUT2D eigenvalue weighted by molar-refractivity contribution is -0.173. The minimum absolute atomic E-state index is 0.0119. The fourth-order valence-corrected chi connectivity index (χ4v) is 2.07. The summed E-state index contributed by atoms with van der Waals surface area (Å²) in [5.41, 5.74) is 1.40. The normalized spacial score (nSPS) is 15.5. The number of nitrogens with zero attached hydrogens (tertiary/aromatic N) is 1. The summed E-state index contributed by atoms with van der Waals surface area (Å²) in [5, 5.41) is 0. The van der Waals surface area contributed by atoms with Crippen molar-refractivity contribution >= 4 is 11.5 Å². The number of hydrogen-bond donors (Lipinski definition) is 0. The molecule has 1 aliphatic rings. The van der Waals surface area contributed by atoms with E-state index in [9.17, 15) is 18.0 Å². The van der Waals surface area contributed by atoms with E-state index in [0.717, 1.165) is 5.69 Å². The Morgan fingerprint density at radius 3 is 2.74 bits per heavy atom. The summed E-state index contributed by atoms with van der Waals surface area (Å²) < 4.78 is 40.4. The minimum atomic E-state index is -4.30. The summed E-state index contributed by atoms with van der Waals surface area (Å²) in [6.07, 6.45) is -3.91. The zero-order valence-electron chi connectivity index (χ0n) is 10.2. The second-order valence-electron chi connectivity index (χ2n) is 4.35. The van der Waals surface area contributed by atoms with Gasteiger partial charge in [-0.3, -0.25) is 4.79 Å². The van der Waals surface area contributed by atoms with Gasteiger partial charge >= 0.3 is 6.18 Å². The lowest BCUT2D eigenvalue weighted by Crippen LogP contribution is -2.35. The van der Waals surface area contributed by atoms with Gasteiger partial charge in [0.25, 0.3) is 0 Å². The minimum Gasteiger partial charge on any atom is -0.370 e. The number of para-hydroxylation sites is 1. The van der Waals surface area contributed by atoms with Crippen molar-refractivity contribution in [1.82, 2.24) is 0 Å². The molecule has 0 N–H and O–H groups in total. The topological polar surface area (TPSA) is 29.5 Å².